The van der Waals surface area contributed by atoms with Gasteiger partial charge in [0.25, 0.3) is 0 Å². The largest absolute Gasteiger partial charge is 0.356 e. The first-order valence-electron chi connectivity index (χ1n) is 8.03. The smallest absolute Gasteiger partial charge is 0.138 e. The van der Waals surface area contributed by atoms with E-state index in [4.69, 9.17) is 10.5 Å². The van der Waals surface area contributed by atoms with E-state index < -0.39 is 0 Å². The van der Waals surface area contributed by atoms with Crippen molar-refractivity contribution in [3.05, 3.63) is 77.9 Å². The average Bonchev–Trinajstić information content (AvgIpc) is 3.12. The number of H-pyrrole nitrogens is 1. The molecule has 3 aromatic carbocycles. The number of nitrogens with one attached hydrogen (secondary N) is 2. The van der Waals surface area contributed by atoms with Crippen LogP contribution in [0.3, 0.4) is 0 Å². The molecule has 4 rings (SSSR count). The molecule has 1 aromatic heterocycles. The number of hydrogen-bond donors (Lipinski definition) is 2. The summed E-state index contributed by atoms with van der Waals surface area (Å²) in [7, 11) is 0. The molecule has 0 fully saturated rings. The number of aromatic nitrogens is 2. The molecular weight excluding hydrogens is 322 g/mol. The fourth-order valence-electron chi connectivity index (χ4n) is 2.72. The lowest BCUT2D eigenvalue weighted by molar-refractivity contribution is 1.33. The molecule has 0 spiro atoms. The number of nitrogens with zero attached hydrogens (tertiary/aromatic N) is 3. The third-order valence-electron chi connectivity index (χ3n) is 4.07. The SMILES string of the molecule is N#Cc1ccc(Nc2ccc(-c3nc4ccc(C#N)cc4[nH]3)cc2)cc1. The normalized spacial score (nSPS) is 10.2. The molecule has 0 aliphatic rings. The Hall–Kier alpha value is -4.09. The average molecular weight is 335 g/mol. The molecule has 4 aromatic rings. The second-order valence-corrected chi connectivity index (χ2v) is 5.82. The van der Waals surface area contributed by atoms with Crippen molar-refractivity contribution in [3.63, 3.8) is 0 Å². The van der Waals surface area contributed by atoms with Gasteiger partial charge in [0.05, 0.1) is 34.3 Å². The molecule has 0 bridgehead atoms. The van der Waals surface area contributed by atoms with Gasteiger partial charge in [-0.25, -0.2) is 4.98 Å². The molecule has 0 saturated carbocycles. The van der Waals surface area contributed by atoms with Crippen LogP contribution in [-0.4, -0.2) is 9.97 Å². The van der Waals surface area contributed by atoms with Crippen LogP contribution in [0.15, 0.2) is 66.7 Å². The standard InChI is InChI=1S/C21H13N5/c22-12-14-1-6-17(7-2-14)24-18-8-4-16(5-9-18)21-25-19-10-3-15(13-23)11-20(19)26-21/h1-11,24H,(H,25,26). The summed E-state index contributed by atoms with van der Waals surface area (Å²) in [6.45, 7) is 0. The van der Waals surface area contributed by atoms with Gasteiger partial charge in [0.1, 0.15) is 5.82 Å². The predicted octanol–water partition coefficient (Wildman–Crippen LogP) is 4.72. The highest BCUT2D eigenvalue weighted by Crippen LogP contribution is 2.24. The van der Waals surface area contributed by atoms with Gasteiger partial charge in [0, 0.05) is 16.9 Å². The number of imidazole rings is 1. The summed E-state index contributed by atoms with van der Waals surface area (Å²) >= 11 is 0. The molecule has 0 saturated heterocycles. The van der Waals surface area contributed by atoms with Crippen LogP contribution < -0.4 is 5.32 Å². The van der Waals surface area contributed by atoms with E-state index in [2.05, 4.69) is 27.4 Å². The number of aromatic amines is 1. The van der Waals surface area contributed by atoms with Crippen LogP contribution >= 0.6 is 0 Å². The Kier molecular flexibility index (Phi) is 3.82. The van der Waals surface area contributed by atoms with Crippen molar-refractivity contribution in [2.24, 2.45) is 0 Å². The van der Waals surface area contributed by atoms with Crippen LogP contribution in [0.1, 0.15) is 11.1 Å². The van der Waals surface area contributed by atoms with Crippen molar-refractivity contribution in [1.29, 1.82) is 10.5 Å². The van der Waals surface area contributed by atoms with Crippen molar-refractivity contribution >= 4 is 22.4 Å². The van der Waals surface area contributed by atoms with Gasteiger partial charge in [0.15, 0.2) is 0 Å². The van der Waals surface area contributed by atoms with E-state index in [1.165, 1.54) is 0 Å². The molecule has 2 N–H and O–H groups in total. The Balaban J connectivity index is 1.57. The highest BCUT2D eigenvalue weighted by Gasteiger charge is 2.06. The maximum Gasteiger partial charge on any atom is 0.138 e. The molecule has 0 unspecified atom stereocenters. The Morgan fingerprint density at radius 1 is 0.769 bits per heavy atom. The van der Waals surface area contributed by atoms with Crippen LogP contribution in [0, 0.1) is 22.7 Å². The first-order valence-corrected chi connectivity index (χ1v) is 8.03. The number of rotatable bonds is 3. The van der Waals surface area contributed by atoms with E-state index in [9.17, 15) is 0 Å². The Bertz CT molecular complexity index is 1160. The summed E-state index contributed by atoms with van der Waals surface area (Å²) in [6, 6.07) is 24.9. The molecule has 0 amide bonds. The lowest BCUT2D eigenvalue weighted by Crippen LogP contribution is -1.90. The zero-order valence-electron chi connectivity index (χ0n) is 13.7. The highest BCUT2D eigenvalue weighted by molar-refractivity contribution is 5.81. The molecule has 0 atom stereocenters. The summed E-state index contributed by atoms with van der Waals surface area (Å²) in [6.07, 6.45) is 0. The maximum atomic E-state index is 8.99. The minimum atomic E-state index is 0.606. The van der Waals surface area contributed by atoms with E-state index in [1.54, 1.807) is 24.3 Å². The van der Waals surface area contributed by atoms with Crippen LogP contribution in [-0.2, 0) is 0 Å². The van der Waals surface area contributed by atoms with Crippen LogP contribution in [0.2, 0.25) is 0 Å². The Morgan fingerprint density at radius 2 is 1.38 bits per heavy atom. The lowest BCUT2D eigenvalue weighted by atomic mass is 10.2. The van der Waals surface area contributed by atoms with Crippen LogP contribution in [0.5, 0.6) is 0 Å². The number of anilines is 2. The van der Waals surface area contributed by atoms with E-state index >= 15 is 0 Å². The monoisotopic (exact) mass is 335 g/mol. The summed E-state index contributed by atoms with van der Waals surface area (Å²) in [5.74, 6) is 0.764. The van der Waals surface area contributed by atoms with Crippen LogP contribution in [0.4, 0.5) is 11.4 Å². The lowest BCUT2D eigenvalue weighted by Gasteiger charge is -2.07. The van der Waals surface area contributed by atoms with Crippen molar-refractivity contribution < 1.29 is 0 Å². The third-order valence-corrected chi connectivity index (χ3v) is 4.07. The Labute approximate surface area is 150 Å². The second-order valence-electron chi connectivity index (χ2n) is 5.82. The maximum absolute atomic E-state index is 8.99. The summed E-state index contributed by atoms with van der Waals surface area (Å²) < 4.78 is 0. The zero-order valence-corrected chi connectivity index (χ0v) is 13.7. The van der Waals surface area contributed by atoms with E-state index in [0.29, 0.717) is 11.1 Å². The minimum absolute atomic E-state index is 0.606. The van der Waals surface area contributed by atoms with Gasteiger partial charge in [-0.3, -0.25) is 0 Å². The van der Waals surface area contributed by atoms with Crippen molar-refractivity contribution in [2.75, 3.05) is 5.32 Å². The minimum Gasteiger partial charge on any atom is -0.356 e. The quantitative estimate of drug-likeness (QED) is 0.567. The molecule has 0 aliphatic carbocycles. The van der Waals surface area contributed by atoms with E-state index in [1.807, 2.05) is 42.5 Å². The van der Waals surface area contributed by atoms with Gasteiger partial charge in [0.2, 0.25) is 0 Å². The molecule has 26 heavy (non-hydrogen) atoms. The highest BCUT2D eigenvalue weighted by atomic mass is 14.9. The van der Waals surface area contributed by atoms with Crippen molar-refractivity contribution in [3.8, 4) is 23.5 Å². The van der Waals surface area contributed by atoms with Gasteiger partial charge in [-0.1, -0.05) is 0 Å². The summed E-state index contributed by atoms with van der Waals surface area (Å²) in [4.78, 5) is 7.83. The molecule has 122 valence electrons. The van der Waals surface area contributed by atoms with Gasteiger partial charge in [-0.2, -0.15) is 10.5 Å². The molecule has 5 nitrogen and oxygen atoms in total. The fraction of sp³-hybridized carbons (Fsp3) is 0. The molecule has 1 heterocycles. The van der Waals surface area contributed by atoms with E-state index in [-0.39, 0.29) is 0 Å². The summed E-state index contributed by atoms with van der Waals surface area (Å²) in [5.41, 5.74) is 5.75. The van der Waals surface area contributed by atoms with Gasteiger partial charge in [-0.15, -0.1) is 0 Å². The van der Waals surface area contributed by atoms with Gasteiger partial charge in [-0.05, 0) is 66.7 Å². The predicted molar refractivity (Wildman–Crippen MR) is 101 cm³/mol. The third kappa shape index (κ3) is 2.98. The summed E-state index contributed by atoms with van der Waals surface area (Å²) in [5, 5.41) is 21.1. The number of hydrogen-bond acceptors (Lipinski definition) is 4. The Morgan fingerprint density at radius 3 is 2.04 bits per heavy atom. The topological polar surface area (TPSA) is 88.3 Å². The zero-order chi connectivity index (χ0) is 17.9. The van der Waals surface area contributed by atoms with E-state index in [0.717, 1.165) is 33.8 Å². The first-order chi connectivity index (χ1) is 12.7. The van der Waals surface area contributed by atoms with Gasteiger partial charge < -0.3 is 10.3 Å². The molecule has 0 radical (unpaired) electrons. The van der Waals surface area contributed by atoms with Crippen molar-refractivity contribution in [1.82, 2.24) is 9.97 Å². The number of fused-ring (bicyclic) bond motifs is 1. The molecule has 0 aliphatic heterocycles. The van der Waals surface area contributed by atoms with Crippen LogP contribution in [0.25, 0.3) is 22.4 Å². The first kappa shape index (κ1) is 15.4. The fourth-order valence-corrected chi connectivity index (χ4v) is 2.72. The molecule has 5 heteroatoms. The second kappa shape index (κ2) is 6.43. The van der Waals surface area contributed by atoms with Gasteiger partial charge >= 0.3 is 0 Å². The number of nitriles is 2. The van der Waals surface area contributed by atoms with Crippen molar-refractivity contribution in [2.45, 2.75) is 0 Å². The molecular formula is C21H13N5. The number of benzene rings is 3.